The minimum atomic E-state index is -0.610. The molecule has 152 valence electrons. The molecule has 2 unspecified atom stereocenters. The Morgan fingerprint density at radius 1 is 1.11 bits per heavy atom. The zero-order valence-electron chi connectivity index (χ0n) is 16.2. The standard InChI is InChI=1S/C19H25ClN4O3S/c1-12-10-23(4-7-25-12)19(24-5-8-26-13(2)11-24)17-14(3-6-27-19)16-15(28-17)9-21-18(20)22-16/h9,12-13H,3-8,10-11H2,1-2H3. The van der Waals surface area contributed by atoms with Crippen LogP contribution < -0.4 is 0 Å². The summed E-state index contributed by atoms with van der Waals surface area (Å²) in [5, 5.41) is 0.296. The van der Waals surface area contributed by atoms with E-state index in [4.69, 9.17) is 25.8 Å². The van der Waals surface area contributed by atoms with Crippen molar-refractivity contribution in [2.75, 3.05) is 46.0 Å². The molecule has 2 fully saturated rings. The van der Waals surface area contributed by atoms with Crippen molar-refractivity contribution in [3.05, 3.63) is 21.9 Å². The van der Waals surface area contributed by atoms with Crippen LogP contribution in [0.4, 0.5) is 0 Å². The van der Waals surface area contributed by atoms with Gasteiger partial charge in [0.2, 0.25) is 11.1 Å². The van der Waals surface area contributed by atoms with Crippen molar-refractivity contribution in [1.82, 2.24) is 19.8 Å². The van der Waals surface area contributed by atoms with E-state index in [1.54, 1.807) is 11.3 Å². The van der Waals surface area contributed by atoms with Crippen molar-refractivity contribution in [2.24, 2.45) is 0 Å². The number of fused-ring (bicyclic) bond motifs is 3. The molecule has 5 heterocycles. The van der Waals surface area contributed by atoms with E-state index in [1.165, 1.54) is 10.4 Å². The third kappa shape index (κ3) is 3.06. The van der Waals surface area contributed by atoms with E-state index in [0.29, 0.717) is 25.1 Å². The predicted octanol–water partition coefficient (Wildman–Crippen LogP) is 2.47. The number of aromatic nitrogens is 2. The number of morpholine rings is 2. The first-order valence-corrected chi connectivity index (χ1v) is 11.1. The van der Waals surface area contributed by atoms with Gasteiger partial charge in [0, 0.05) is 37.9 Å². The van der Waals surface area contributed by atoms with Gasteiger partial charge in [-0.25, -0.2) is 9.97 Å². The van der Waals surface area contributed by atoms with Crippen molar-refractivity contribution < 1.29 is 14.2 Å². The maximum Gasteiger partial charge on any atom is 0.222 e. The van der Waals surface area contributed by atoms with E-state index >= 15 is 0 Å². The number of ether oxygens (including phenoxy) is 3. The number of rotatable bonds is 2. The van der Waals surface area contributed by atoms with Gasteiger partial charge in [0.05, 0.1) is 47.1 Å². The largest absolute Gasteiger partial charge is 0.376 e. The van der Waals surface area contributed by atoms with E-state index in [2.05, 4.69) is 33.6 Å². The van der Waals surface area contributed by atoms with Crippen molar-refractivity contribution in [3.8, 4) is 0 Å². The van der Waals surface area contributed by atoms with Crippen LogP contribution in [-0.2, 0) is 26.5 Å². The number of hydrogen-bond donors (Lipinski definition) is 0. The van der Waals surface area contributed by atoms with Gasteiger partial charge in [-0.1, -0.05) is 0 Å². The lowest BCUT2D eigenvalue weighted by atomic mass is 10.0. The molecule has 0 radical (unpaired) electrons. The van der Waals surface area contributed by atoms with Gasteiger partial charge in [0.1, 0.15) is 0 Å². The van der Waals surface area contributed by atoms with E-state index in [9.17, 15) is 0 Å². The molecule has 28 heavy (non-hydrogen) atoms. The Morgan fingerprint density at radius 3 is 2.43 bits per heavy atom. The lowest BCUT2D eigenvalue weighted by Crippen LogP contribution is -2.66. The molecule has 7 nitrogen and oxygen atoms in total. The van der Waals surface area contributed by atoms with Gasteiger partial charge in [0.15, 0.2) is 0 Å². The van der Waals surface area contributed by atoms with Crippen LogP contribution in [0.25, 0.3) is 10.2 Å². The molecule has 3 aliphatic heterocycles. The van der Waals surface area contributed by atoms with E-state index in [0.717, 1.165) is 42.8 Å². The normalized spacial score (nSPS) is 32.5. The molecule has 9 heteroatoms. The second kappa shape index (κ2) is 7.43. The summed E-state index contributed by atoms with van der Waals surface area (Å²) in [7, 11) is 0. The second-order valence-electron chi connectivity index (χ2n) is 7.72. The Morgan fingerprint density at radius 2 is 1.79 bits per heavy atom. The number of thiophene rings is 1. The van der Waals surface area contributed by atoms with Gasteiger partial charge in [-0.05, 0) is 31.9 Å². The molecule has 0 saturated carbocycles. The molecule has 0 N–H and O–H groups in total. The lowest BCUT2D eigenvalue weighted by molar-refractivity contribution is -0.293. The summed E-state index contributed by atoms with van der Waals surface area (Å²) in [6.07, 6.45) is 3.01. The van der Waals surface area contributed by atoms with Gasteiger partial charge in [-0.15, -0.1) is 11.3 Å². The van der Waals surface area contributed by atoms with Crippen LogP contribution >= 0.6 is 22.9 Å². The third-order valence-electron chi connectivity index (χ3n) is 5.79. The van der Waals surface area contributed by atoms with Gasteiger partial charge in [-0.3, -0.25) is 9.80 Å². The molecule has 2 aromatic heterocycles. The third-order valence-corrected chi connectivity index (χ3v) is 7.21. The molecule has 3 aliphatic rings. The average molecular weight is 425 g/mol. The SMILES string of the molecule is CC1CN(C2(N3CCOC(C)C3)OCCc3c2sc2cnc(Cl)nc32)CCO1. The summed E-state index contributed by atoms with van der Waals surface area (Å²) < 4.78 is 19.4. The highest BCUT2D eigenvalue weighted by atomic mass is 35.5. The fourth-order valence-electron chi connectivity index (χ4n) is 4.63. The summed E-state index contributed by atoms with van der Waals surface area (Å²) in [6, 6.07) is 0. The van der Waals surface area contributed by atoms with Crippen molar-refractivity contribution >= 4 is 33.2 Å². The van der Waals surface area contributed by atoms with Crippen LogP contribution in [0.1, 0.15) is 24.3 Å². The molecular formula is C19H25ClN4O3S. The number of halogens is 1. The molecular weight excluding hydrogens is 400 g/mol. The molecule has 5 rings (SSSR count). The molecule has 0 spiro atoms. The van der Waals surface area contributed by atoms with Gasteiger partial charge >= 0.3 is 0 Å². The molecule has 0 aliphatic carbocycles. The summed E-state index contributed by atoms with van der Waals surface area (Å²) >= 11 is 7.85. The summed E-state index contributed by atoms with van der Waals surface area (Å²) in [5.74, 6) is -0.610. The number of hydrogen-bond acceptors (Lipinski definition) is 8. The molecule has 0 aromatic carbocycles. The summed E-state index contributed by atoms with van der Waals surface area (Å²) in [4.78, 5) is 14.9. The predicted molar refractivity (Wildman–Crippen MR) is 108 cm³/mol. The van der Waals surface area contributed by atoms with Crippen LogP contribution in [0.2, 0.25) is 5.28 Å². The average Bonchev–Trinajstić information content (AvgIpc) is 3.06. The lowest BCUT2D eigenvalue weighted by Gasteiger charge is -2.54. The minimum absolute atomic E-state index is 0.168. The second-order valence-corrected chi connectivity index (χ2v) is 9.11. The van der Waals surface area contributed by atoms with E-state index in [-0.39, 0.29) is 12.2 Å². The molecule has 0 bridgehead atoms. The number of nitrogens with zero attached hydrogens (tertiary/aromatic N) is 4. The van der Waals surface area contributed by atoms with Gasteiger partial charge in [0.25, 0.3) is 0 Å². The Balaban J connectivity index is 1.68. The van der Waals surface area contributed by atoms with Crippen molar-refractivity contribution in [2.45, 2.75) is 38.3 Å². The fraction of sp³-hybridized carbons (Fsp3) is 0.684. The van der Waals surface area contributed by atoms with Crippen LogP contribution in [0.3, 0.4) is 0 Å². The molecule has 2 aromatic rings. The fourth-order valence-corrected chi connectivity index (χ4v) is 6.13. The van der Waals surface area contributed by atoms with Crippen molar-refractivity contribution in [3.63, 3.8) is 0 Å². The van der Waals surface area contributed by atoms with E-state index < -0.39 is 5.85 Å². The minimum Gasteiger partial charge on any atom is -0.376 e. The summed E-state index contributed by atoms with van der Waals surface area (Å²) in [6.45, 7) is 9.63. The van der Waals surface area contributed by atoms with Crippen LogP contribution in [-0.4, -0.2) is 78.0 Å². The Bertz CT molecular complexity index is 856. The highest BCUT2D eigenvalue weighted by Gasteiger charge is 2.52. The maximum absolute atomic E-state index is 6.70. The first-order chi connectivity index (χ1) is 13.6. The highest BCUT2D eigenvalue weighted by molar-refractivity contribution is 7.19. The quantitative estimate of drug-likeness (QED) is 0.686. The smallest absolute Gasteiger partial charge is 0.222 e. The van der Waals surface area contributed by atoms with Crippen LogP contribution in [0.15, 0.2) is 6.20 Å². The van der Waals surface area contributed by atoms with Crippen LogP contribution in [0.5, 0.6) is 0 Å². The van der Waals surface area contributed by atoms with Gasteiger partial charge < -0.3 is 14.2 Å². The highest BCUT2D eigenvalue weighted by Crippen LogP contribution is 2.47. The van der Waals surface area contributed by atoms with Crippen molar-refractivity contribution in [1.29, 1.82) is 0 Å². The van der Waals surface area contributed by atoms with E-state index in [1.807, 2.05) is 6.20 Å². The molecule has 2 saturated heterocycles. The zero-order chi connectivity index (χ0) is 19.3. The molecule has 2 atom stereocenters. The van der Waals surface area contributed by atoms with Gasteiger partial charge in [-0.2, -0.15) is 0 Å². The molecule has 0 amide bonds. The Labute approximate surface area is 173 Å². The monoisotopic (exact) mass is 424 g/mol. The Kier molecular flexibility index (Phi) is 5.07. The Hall–Kier alpha value is -0.870. The first kappa shape index (κ1) is 19.1. The van der Waals surface area contributed by atoms with Crippen LogP contribution in [0, 0.1) is 0 Å². The maximum atomic E-state index is 6.70. The zero-order valence-corrected chi connectivity index (χ0v) is 17.8. The first-order valence-electron chi connectivity index (χ1n) is 9.89. The summed E-state index contributed by atoms with van der Waals surface area (Å²) in [5.41, 5.74) is 2.21. The topological polar surface area (TPSA) is 60.0 Å².